The molecule has 146 valence electrons. The van der Waals surface area contributed by atoms with Crippen LogP contribution in [0, 0.1) is 6.92 Å². The van der Waals surface area contributed by atoms with Gasteiger partial charge in [-0.3, -0.25) is 0 Å². The van der Waals surface area contributed by atoms with Crippen molar-refractivity contribution in [2.45, 2.75) is 20.0 Å². The molecule has 0 saturated carbocycles. The molecule has 0 radical (unpaired) electrons. The Kier molecular flexibility index (Phi) is 7.95. The highest BCUT2D eigenvalue weighted by molar-refractivity contribution is 5.85. The number of rotatable bonds is 5. The molecule has 2 aromatic carbocycles. The first kappa shape index (κ1) is 21.1. The van der Waals surface area contributed by atoms with E-state index in [2.05, 4.69) is 30.0 Å². The summed E-state index contributed by atoms with van der Waals surface area (Å²) in [6.45, 7) is 6.12. The smallest absolute Gasteiger partial charge is 0.410 e. The van der Waals surface area contributed by atoms with Crippen molar-refractivity contribution in [1.29, 1.82) is 0 Å². The van der Waals surface area contributed by atoms with E-state index in [-0.39, 0.29) is 18.5 Å². The predicted molar refractivity (Wildman–Crippen MR) is 112 cm³/mol. The average molecular weight is 390 g/mol. The zero-order valence-electron chi connectivity index (χ0n) is 15.8. The molecule has 5 nitrogen and oxygen atoms in total. The summed E-state index contributed by atoms with van der Waals surface area (Å²) in [6.07, 6.45) is 0.672. The molecular weight excluding hydrogens is 362 g/mol. The number of aryl methyl sites for hydroxylation is 1. The van der Waals surface area contributed by atoms with Gasteiger partial charge in [0.2, 0.25) is 0 Å². The van der Waals surface area contributed by atoms with Crippen molar-refractivity contribution in [2.24, 2.45) is 5.73 Å². The Morgan fingerprint density at radius 3 is 2.37 bits per heavy atom. The summed E-state index contributed by atoms with van der Waals surface area (Å²) < 4.78 is 5.43. The van der Waals surface area contributed by atoms with Gasteiger partial charge in [0.15, 0.2) is 0 Å². The number of halogens is 1. The first-order valence-electron chi connectivity index (χ1n) is 9.17. The molecular formula is C21H28ClN3O2. The van der Waals surface area contributed by atoms with E-state index in [9.17, 15) is 4.79 Å². The third-order valence-corrected chi connectivity index (χ3v) is 4.78. The molecule has 2 N–H and O–H groups in total. The molecule has 0 atom stereocenters. The minimum Gasteiger partial charge on any atom is -0.445 e. The van der Waals surface area contributed by atoms with E-state index < -0.39 is 0 Å². The van der Waals surface area contributed by atoms with Crippen LogP contribution >= 0.6 is 12.4 Å². The van der Waals surface area contributed by atoms with Gasteiger partial charge in [0.25, 0.3) is 0 Å². The lowest BCUT2D eigenvalue weighted by atomic mass is 10.1. The van der Waals surface area contributed by atoms with Crippen LogP contribution in [0.5, 0.6) is 0 Å². The van der Waals surface area contributed by atoms with Crippen LogP contribution in [0.25, 0.3) is 0 Å². The van der Waals surface area contributed by atoms with Gasteiger partial charge in [0.05, 0.1) is 0 Å². The number of hydrogen-bond donors (Lipinski definition) is 1. The first-order chi connectivity index (χ1) is 12.7. The lowest BCUT2D eigenvalue weighted by Crippen LogP contribution is -2.49. The Morgan fingerprint density at radius 1 is 1.04 bits per heavy atom. The molecule has 27 heavy (non-hydrogen) atoms. The normalized spacial score (nSPS) is 13.9. The van der Waals surface area contributed by atoms with Crippen molar-refractivity contribution >= 4 is 24.2 Å². The fraction of sp³-hybridized carbons (Fsp3) is 0.381. The van der Waals surface area contributed by atoms with Crippen molar-refractivity contribution in [1.82, 2.24) is 4.90 Å². The summed E-state index contributed by atoms with van der Waals surface area (Å²) in [7, 11) is 0. The van der Waals surface area contributed by atoms with Gasteiger partial charge in [-0.2, -0.15) is 0 Å². The topological polar surface area (TPSA) is 58.8 Å². The molecule has 2 aromatic rings. The Hall–Kier alpha value is -2.24. The summed E-state index contributed by atoms with van der Waals surface area (Å²) in [4.78, 5) is 16.4. The van der Waals surface area contributed by atoms with Crippen molar-refractivity contribution in [3.8, 4) is 0 Å². The van der Waals surface area contributed by atoms with Gasteiger partial charge in [-0.15, -0.1) is 12.4 Å². The van der Waals surface area contributed by atoms with Gasteiger partial charge in [-0.05, 0) is 42.6 Å². The highest BCUT2D eigenvalue weighted by Crippen LogP contribution is 2.23. The lowest BCUT2D eigenvalue weighted by molar-refractivity contribution is 0.0942. The predicted octanol–water partition coefficient (Wildman–Crippen LogP) is 3.38. The Labute approximate surface area is 167 Å². The largest absolute Gasteiger partial charge is 0.445 e. The van der Waals surface area contributed by atoms with E-state index in [0.717, 1.165) is 25.1 Å². The van der Waals surface area contributed by atoms with Crippen LogP contribution in [0.15, 0.2) is 48.5 Å². The average Bonchev–Trinajstić information content (AvgIpc) is 2.67. The van der Waals surface area contributed by atoms with Crippen LogP contribution < -0.4 is 10.6 Å². The fourth-order valence-corrected chi connectivity index (χ4v) is 3.34. The van der Waals surface area contributed by atoms with Crippen LogP contribution in [0.4, 0.5) is 10.5 Å². The Morgan fingerprint density at radius 2 is 1.74 bits per heavy atom. The molecule has 1 amide bonds. The summed E-state index contributed by atoms with van der Waals surface area (Å²) in [5, 5.41) is 0. The molecule has 1 aliphatic heterocycles. The number of hydrogen-bond acceptors (Lipinski definition) is 4. The highest BCUT2D eigenvalue weighted by Gasteiger charge is 2.23. The third kappa shape index (κ3) is 5.62. The maximum Gasteiger partial charge on any atom is 0.410 e. The van der Waals surface area contributed by atoms with Crippen LogP contribution in [0.1, 0.15) is 16.7 Å². The maximum atomic E-state index is 12.3. The quantitative estimate of drug-likeness (QED) is 0.851. The summed E-state index contributed by atoms with van der Waals surface area (Å²) >= 11 is 0. The van der Waals surface area contributed by atoms with Crippen molar-refractivity contribution < 1.29 is 9.53 Å². The molecule has 1 aliphatic rings. The standard InChI is InChI=1S/C21H27N3O2.ClH/c1-17-15-18(9-10-22)7-8-20(17)23-11-13-24(14-12-23)21(25)26-16-19-5-3-2-4-6-19;/h2-8,15H,9-14,16,22H2,1H3;1H. The van der Waals surface area contributed by atoms with Gasteiger partial charge in [-0.25, -0.2) is 4.79 Å². The molecule has 1 saturated heterocycles. The van der Waals surface area contributed by atoms with Crippen LogP contribution in [-0.2, 0) is 17.8 Å². The number of ether oxygens (including phenoxy) is 1. The number of piperazine rings is 1. The van der Waals surface area contributed by atoms with Gasteiger partial charge in [0, 0.05) is 31.9 Å². The molecule has 0 aromatic heterocycles. The van der Waals surface area contributed by atoms with E-state index in [4.69, 9.17) is 10.5 Å². The summed E-state index contributed by atoms with van der Waals surface area (Å²) in [5.74, 6) is 0. The number of nitrogens with zero attached hydrogens (tertiary/aromatic N) is 2. The first-order valence-corrected chi connectivity index (χ1v) is 9.17. The SMILES string of the molecule is Cc1cc(CCN)ccc1N1CCN(C(=O)OCc2ccccc2)CC1.Cl. The molecule has 0 unspecified atom stereocenters. The van der Waals surface area contributed by atoms with E-state index in [1.54, 1.807) is 4.90 Å². The second kappa shape index (κ2) is 10.2. The van der Waals surface area contributed by atoms with Crippen LogP contribution in [0.2, 0.25) is 0 Å². The van der Waals surface area contributed by atoms with Crippen molar-refractivity contribution in [3.05, 3.63) is 65.2 Å². The zero-order valence-corrected chi connectivity index (χ0v) is 16.6. The number of nitrogens with two attached hydrogens (primary N) is 1. The molecule has 1 heterocycles. The number of anilines is 1. The third-order valence-electron chi connectivity index (χ3n) is 4.78. The second-order valence-corrected chi connectivity index (χ2v) is 6.67. The molecule has 1 fully saturated rings. The number of amides is 1. The van der Waals surface area contributed by atoms with E-state index in [1.165, 1.54) is 16.8 Å². The molecule has 0 spiro atoms. The molecule has 3 rings (SSSR count). The zero-order chi connectivity index (χ0) is 18.4. The molecule has 0 bridgehead atoms. The summed E-state index contributed by atoms with van der Waals surface area (Å²) in [5.41, 5.74) is 10.4. The van der Waals surface area contributed by atoms with Gasteiger partial charge < -0.3 is 20.3 Å². The fourth-order valence-electron chi connectivity index (χ4n) is 3.34. The Balaban J connectivity index is 0.00000261. The van der Waals surface area contributed by atoms with Gasteiger partial charge in [-0.1, -0.05) is 42.5 Å². The molecule has 0 aliphatic carbocycles. The highest BCUT2D eigenvalue weighted by atomic mass is 35.5. The second-order valence-electron chi connectivity index (χ2n) is 6.67. The van der Waals surface area contributed by atoms with E-state index in [1.807, 2.05) is 30.3 Å². The maximum absolute atomic E-state index is 12.3. The van der Waals surface area contributed by atoms with Crippen LogP contribution in [0.3, 0.4) is 0 Å². The number of carbonyl (C=O) groups excluding carboxylic acids is 1. The minimum atomic E-state index is -0.233. The van der Waals surface area contributed by atoms with E-state index >= 15 is 0 Å². The lowest BCUT2D eigenvalue weighted by Gasteiger charge is -2.36. The van der Waals surface area contributed by atoms with E-state index in [0.29, 0.717) is 26.2 Å². The number of carbonyl (C=O) groups is 1. The monoisotopic (exact) mass is 389 g/mol. The Bertz CT molecular complexity index is 731. The van der Waals surface area contributed by atoms with Crippen LogP contribution in [-0.4, -0.2) is 43.7 Å². The van der Waals surface area contributed by atoms with Gasteiger partial charge in [0.1, 0.15) is 6.61 Å². The minimum absolute atomic E-state index is 0. The number of benzene rings is 2. The molecule has 6 heteroatoms. The summed E-state index contributed by atoms with van der Waals surface area (Å²) in [6, 6.07) is 16.3. The van der Waals surface area contributed by atoms with Crippen molar-refractivity contribution in [3.63, 3.8) is 0 Å². The van der Waals surface area contributed by atoms with Gasteiger partial charge >= 0.3 is 6.09 Å². The van der Waals surface area contributed by atoms with Crippen molar-refractivity contribution in [2.75, 3.05) is 37.6 Å².